The predicted octanol–water partition coefficient (Wildman–Crippen LogP) is 2.56. The molecule has 1 aliphatic heterocycles. The van der Waals surface area contributed by atoms with Gasteiger partial charge in [-0.2, -0.15) is 0 Å². The van der Waals surface area contributed by atoms with E-state index in [4.69, 9.17) is 5.73 Å². The number of thiazole rings is 1. The summed E-state index contributed by atoms with van der Waals surface area (Å²) in [7, 11) is 0. The molecule has 0 saturated carbocycles. The smallest absolute Gasteiger partial charge is 0.268 e. The first-order valence-electron chi connectivity index (χ1n) is 6.94. The molecule has 1 unspecified atom stereocenters. The van der Waals surface area contributed by atoms with Crippen LogP contribution >= 0.6 is 11.3 Å². The van der Waals surface area contributed by atoms with Gasteiger partial charge in [0, 0.05) is 19.1 Å². The van der Waals surface area contributed by atoms with E-state index in [1.807, 2.05) is 11.8 Å². The Hall–Kier alpha value is -1.30. The molecular weight excluding hydrogens is 260 g/mol. The van der Waals surface area contributed by atoms with Crippen molar-refractivity contribution in [1.29, 1.82) is 0 Å². The third-order valence-corrected chi connectivity index (χ3v) is 4.51. The molecule has 6 heteroatoms. The van der Waals surface area contributed by atoms with E-state index in [0.717, 1.165) is 31.1 Å². The number of nitrogen functional groups attached to an aromatic ring is 1. The number of nitrogens with one attached hydrogen (secondary N) is 1. The molecule has 2 rings (SSSR count). The summed E-state index contributed by atoms with van der Waals surface area (Å²) in [5, 5.41) is 3.83. The summed E-state index contributed by atoms with van der Waals surface area (Å²) in [4.78, 5) is 19.3. The van der Waals surface area contributed by atoms with Gasteiger partial charge in [-0.05, 0) is 26.7 Å². The number of hydrogen-bond donors (Lipinski definition) is 2. The fourth-order valence-electron chi connectivity index (χ4n) is 2.42. The zero-order chi connectivity index (χ0) is 13.8. The highest BCUT2D eigenvalue weighted by molar-refractivity contribution is 7.18. The second-order valence-electron chi connectivity index (χ2n) is 4.96. The molecule has 1 fully saturated rings. The van der Waals surface area contributed by atoms with Crippen LogP contribution in [-0.2, 0) is 0 Å². The number of nitrogens with two attached hydrogens (primary N) is 1. The Balaban J connectivity index is 2.17. The van der Waals surface area contributed by atoms with Gasteiger partial charge in [-0.3, -0.25) is 4.79 Å². The van der Waals surface area contributed by atoms with Crippen LogP contribution in [0.5, 0.6) is 0 Å². The molecule has 1 saturated heterocycles. The van der Waals surface area contributed by atoms with Crippen molar-refractivity contribution < 1.29 is 4.79 Å². The van der Waals surface area contributed by atoms with E-state index < -0.39 is 0 Å². The van der Waals surface area contributed by atoms with Gasteiger partial charge < -0.3 is 16.0 Å². The number of rotatable bonds is 3. The molecule has 2 heterocycles. The summed E-state index contributed by atoms with van der Waals surface area (Å²) >= 11 is 1.36. The number of aromatic nitrogens is 1. The molecule has 3 N–H and O–H groups in total. The fraction of sp³-hybridized carbons (Fsp3) is 0.692. The minimum Gasteiger partial charge on any atom is -0.382 e. The van der Waals surface area contributed by atoms with Crippen molar-refractivity contribution in [3.63, 3.8) is 0 Å². The Bertz CT molecular complexity index is 446. The molecule has 5 nitrogen and oxygen atoms in total. The van der Waals surface area contributed by atoms with Gasteiger partial charge >= 0.3 is 0 Å². The molecule has 19 heavy (non-hydrogen) atoms. The summed E-state index contributed by atoms with van der Waals surface area (Å²) in [5.41, 5.74) is 5.88. The standard InChI is InChI=1S/C13H22N4OS/c1-3-15-13-16-11(14)10(19-13)12(18)17-8-6-4-5-7-9(17)2/h9H,3-8,14H2,1-2H3,(H,15,16). The number of likely N-dealkylation sites (tertiary alicyclic amines) is 1. The van der Waals surface area contributed by atoms with Gasteiger partial charge in [0.05, 0.1) is 0 Å². The molecule has 0 spiro atoms. The van der Waals surface area contributed by atoms with E-state index in [2.05, 4.69) is 17.2 Å². The quantitative estimate of drug-likeness (QED) is 0.894. The van der Waals surface area contributed by atoms with Crippen LogP contribution in [0.4, 0.5) is 10.9 Å². The number of nitrogens with zero attached hydrogens (tertiary/aromatic N) is 2. The Kier molecular flexibility index (Phi) is 4.63. The van der Waals surface area contributed by atoms with Crippen LogP contribution in [-0.4, -0.2) is 34.9 Å². The molecule has 1 aromatic heterocycles. The first kappa shape index (κ1) is 14.1. The molecule has 0 aromatic carbocycles. The third kappa shape index (κ3) is 3.18. The van der Waals surface area contributed by atoms with Gasteiger partial charge in [-0.25, -0.2) is 4.98 Å². The molecule has 0 aliphatic carbocycles. The summed E-state index contributed by atoms with van der Waals surface area (Å²) in [6.45, 7) is 5.72. The van der Waals surface area contributed by atoms with Crippen molar-refractivity contribution in [2.75, 3.05) is 24.1 Å². The van der Waals surface area contributed by atoms with Crippen molar-refractivity contribution in [2.45, 2.75) is 45.6 Å². The van der Waals surface area contributed by atoms with Crippen molar-refractivity contribution in [3.8, 4) is 0 Å². The third-order valence-electron chi connectivity index (χ3n) is 3.49. The van der Waals surface area contributed by atoms with E-state index in [-0.39, 0.29) is 5.91 Å². The number of anilines is 2. The Morgan fingerprint density at radius 3 is 3.05 bits per heavy atom. The largest absolute Gasteiger partial charge is 0.382 e. The van der Waals surface area contributed by atoms with Crippen molar-refractivity contribution in [3.05, 3.63) is 4.88 Å². The normalized spacial score (nSPS) is 20.1. The average Bonchev–Trinajstić information content (AvgIpc) is 2.60. The van der Waals surface area contributed by atoms with Crippen molar-refractivity contribution in [2.24, 2.45) is 0 Å². The zero-order valence-electron chi connectivity index (χ0n) is 11.6. The summed E-state index contributed by atoms with van der Waals surface area (Å²) in [6, 6.07) is 0.291. The topological polar surface area (TPSA) is 71.2 Å². The second-order valence-corrected chi connectivity index (χ2v) is 5.96. The predicted molar refractivity (Wildman–Crippen MR) is 79.7 cm³/mol. The van der Waals surface area contributed by atoms with Crippen LogP contribution < -0.4 is 11.1 Å². The maximum atomic E-state index is 12.6. The lowest BCUT2D eigenvalue weighted by Gasteiger charge is -2.26. The molecule has 1 amide bonds. The van der Waals surface area contributed by atoms with Gasteiger partial charge in [0.25, 0.3) is 5.91 Å². The Labute approximate surface area is 118 Å². The van der Waals surface area contributed by atoms with Gasteiger partial charge in [-0.15, -0.1) is 0 Å². The zero-order valence-corrected chi connectivity index (χ0v) is 12.4. The van der Waals surface area contributed by atoms with Crippen LogP contribution in [0.3, 0.4) is 0 Å². The minimum atomic E-state index is 0.0357. The SMILES string of the molecule is CCNc1nc(N)c(C(=O)N2CCCCCC2C)s1. The Morgan fingerprint density at radius 1 is 1.53 bits per heavy atom. The lowest BCUT2D eigenvalue weighted by molar-refractivity contribution is 0.0703. The maximum absolute atomic E-state index is 12.6. The van der Waals surface area contributed by atoms with E-state index in [1.54, 1.807) is 0 Å². The first-order valence-corrected chi connectivity index (χ1v) is 7.76. The van der Waals surface area contributed by atoms with Crippen LogP contribution in [0.25, 0.3) is 0 Å². The van der Waals surface area contributed by atoms with E-state index in [1.165, 1.54) is 24.2 Å². The van der Waals surface area contributed by atoms with Gasteiger partial charge in [0.15, 0.2) is 5.13 Å². The molecule has 1 aliphatic rings. The molecule has 0 bridgehead atoms. The van der Waals surface area contributed by atoms with E-state index in [9.17, 15) is 4.79 Å². The number of carbonyl (C=O) groups is 1. The minimum absolute atomic E-state index is 0.0357. The van der Waals surface area contributed by atoms with Gasteiger partial charge in [0.1, 0.15) is 10.7 Å². The average molecular weight is 282 g/mol. The molecule has 0 radical (unpaired) electrons. The molecule has 106 valence electrons. The van der Waals surface area contributed by atoms with Crippen molar-refractivity contribution >= 4 is 28.2 Å². The lowest BCUT2D eigenvalue weighted by Crippen LogP contribution is -2.38. The maximum Gasteiger partial charge on any atom is 0.268 e. The highest BCUT2D eigenvalue weighted by Crippen LogP contribution is 2.28. The monoisotopic (exact) mass is 282 g/mol. The van der Waals surface area contributed by atoms with E-state index in [0.29, 0.717) is 16.7 Å². The van der Waals surface area contributed by atoms with Gasteiger partial charge in [0.2, 0.25) is 0 Å². The highest BCUT2D eigenvalue weighted by Gasteiger charge is 2.26. The first-order chi connectivity index (χ1) is 9.13. The number of hydrogen-bond acceptors (Lipinski definition) is 5. The lowest BCUT2D eigenvalue weighted by atomic mass is 10.1. The summed E-state index contributed by atoms with van der Waals surface area (Å²) < 4.78 is 0. The number of amides is 1. The number of carbonyl (C=O) groups excluding carboxylic acids is 1. The van der Waals surface area contributed by atoms with E-state index >= 15 is 0 Å². The van der Waals surface area contributed by atoms with Crippen LogP contribution in [0.15, 0.2) is 0 Å². The van der Waals surface area contributed by atoms with Gasteiger partial charge in [-0.1, -0.05) is 24.2 Å². The summed E-state index contributed by atoms with van der Waals surface area (Å²) in [6.07, 6.45) is 4.56. The molecule has 1 aromatic rings. The summed E-state index contributed by atoms with van der Waals surface area (Å²) in [5.74, 6) is 0.385. The van der Waals surface area contributed by atoms with Crippen LogP contribution in [0, 0.1) is 0 Å². The van der Waals surface area contributed by atoms with Crippen LogP contribution in [0.2, 0.25) is 0 Å². The highest BCUT2D eigenvalue weighted by atomic mass is 32.1. The van der Waals surface area contributed by atoms with Crippen LogP contribution in [0.1, 0.15) is 49.2 Å². The second kappa shape index (κ2) is 6.23. The Morgan fingerprint density at radius 2 is 2.32 bits per heavy atom. The van der Waals surface area contributed by atoms with Crippen molar-refractivity contribution in [1.82, 2.24) is 9.88 Å². The fourth-order valence-corrected chi connectivity index (χ4v) is 3.33. The molecular formula is C13H22N4OS. The molecule has 1 atom stereocenters.